The van der Waals surface area contributed by atoms with E-state index in [0.717, 1.165) is 17.5 Å². The van der Waals surface area contributed by atoms with Gasteiger partial charge in [0.1, 0.15) is 17.5 Å². The van der Waals surface area contributed by atoms with Crippen LogP contribution in [0.15, 0.2) is 84.9 Å². The predicted molar refractivity (Wildman–Crippen MR) is 137 cm³/mol. The van der Waals surface area contributed by atoms with Crippen LogP contribution in [0.4, 0.5) is 0 Å². The summed E-state index contributed by atoms with van der Waals surface area (Å²) in [6.07, 6.45) is 1.21. The van der Waals surface area contributed by atoms with Crippen molar-refractivity contribution in [1.29, 1.82) is 0 Å². The maximum Gasteiger partial charge on any atom is 0.261 e. The Bertz CT molecular complexity index is 1060. The van der Waals surface area contributed by atoms with Crippen LogP contribution in [0.3, 0.4) is 0 Å². The van der Waals surface area contributed by atoms with E-state index < -0.39 is 6.04 Å². The van der Waals surface area contributed by atoms with Gasteiger partial charge in [-0.3, -0.25) is 9.59 Å². The highest BCUT2D eigenvalue weighted by Crippen LogP contribution is 2.19. The van der Waals surface area contributed by atoms with Crippen molar-refractivity contribution in [3.05, 3.63) is 96.1 Å². The summed E-state index contributed by atoms with van der Waals surface area (Å²) < 4.78 is 11.0. The highest BCUT2D eigenvalue weighted by Gasteiger charge is 2.31. The molecule has 0 heterocycles. The molecular weight excluding hydrogens is 440 g/mol. The molecular formula is C29H34N2O4. The van der Waals surface area contributed by atoms with E-state index >= 15 is 0 Å². The lowest BCUT2D eigenvalue weighted by Gasteiger charge is -2.32. The van der Waals surface area contributed by atoms with Crippen LogP contribution in [0, 0.1) is 0 Å². The maximum atomic E-state index is 13.5. The molecule has 0 saturated carbocycles. The number of amides is 2. The van der Waals surface area contributed by atoms with E-state index in [2.05, 4.69) is 5.32 Å². The van der Waals surface area contributed by atoms with Gasteiger partial charge in [0.05, 0.1) is 7.11 Å². The second-order valence-electron chi connectivity index (χ2n) is 8.49. The number of benzene rings is 3. The van der Waals surface area contributed by atoms with E-state index in [1.165, 1.54) is 0 Å². The molecule has 6 nitrogen and oxygen atoms in total. The molecule has 3 aromatic rings. The SMILES string of the molecule is CC[C@@H](C)NC(=O)[C@H](Cc1ccccc1)N(Cc1ccccc1)C(=O)COc1ccc(OC)cc1. The van der Waals surface area contributed by atoms with Crippen molar-refractivity contribution in [3.63, 3.8) is 0 Å². The van der Waals surface area contributed by atoms with Gasteiger partial charge in [-0.2, -0.15) is 0 Å². The van der Waals surface area contributed by atoms with Crippen LogP contribution in [0.1, 0.15) is 31.4 Å². The van der Waals surface area contributed by atoms with Crippen LogP contribution < -0.4 is 14.8 Å². The Labute approximate surface area is 207 Å². The average molecular weight is 475 g/mol. The fourth-order valence-electron chi connectivity index (χ4n) is 3.68. The molecule has 0 aromatic heterocycles. The van der Waals surface area contributed by atoms with Crippen molar-refractivity contribution in [2.75, 3.05) is 13.7 Å². The molecule has 0 unspecified atom stereocenters. The Morgan fingerprint density at radius 1 is 0.857 bits per heavy atom. The highest BCUT2D eigenvalue weighted by atomic mass is 16.5. The molecule has 3 aromatic carbocycles. The molecule has 0 aliphatic heterocycles. The molecule has 35 heavy (non-hydrogen) atoms. The Morgan fingerprint density at radius 2 is 1.43 bits per heavy atom. The van der Waals surface area contributed by atoms with Gasteiger partial charge in [0, 0.05) is 19.0 Å². The first kappa shape index (κ1) is 25.8. The molecule has 0 saturated heterocycles. The minimum absolute atomic E-state index is 0.00463. The standard InChI is InChI=1S/C29H34N2O4/c1-4-22(2)30-29(33)27(19-23-11-7-5-8-12-23)31(20-24-13-9-6-10-14-24)28(32)21-35-26-17-15-25(34-3)16-18-26/h5-18,22,27H,4,19-21H2,1-3H3,(H,30,33)/t22-,27+/m1/s1. The van der Waals surface area contributed by atoms with Crippen LogP contribution in [0.25, 0.3) is 0 Å². The first-order valence-electron chi connectivity index (χ1n) is 11.9. The fourth-order valence-corrected chi connectivity index (χ4v) is 3.68. The van der Waals surface area contributed by atoms with Gasteiger partial charge in [0.15, 0.2) is 6.61 Å². The fraction of sp³-hybridized carbons (Fsp3) is 0.310. The van der Waals surface area contributed by atoms with Gasteiger partial charge in [0.25, 0.3) is 5.91 Å². The third-order valence-corrected chi connectivity index (χ3v) is 5.89. The van der Waals surface area contributed by atoms with Crippen LogP contribution in [-0.4, -0.2) is 42.5 Å². The quantitative estimate of drug-likeness (QED) is 0.416. The number of carbonyl (C=O) groups excluding carboxylic acids is 2. The van der Waals surface area contributed by atoms with E-state index in [1.807, 2.05) is 74.5 Å². The Morgan fingerprint density at radius 3 is 2.00 bits per heavy atom. The van der Waals surface area contributed by atoms with E-state index in [9.17, 15) is 9.59 Å². The van der Waals surface area contributed by atoms with Crippen molar-refractivity contribution in [2.45, 2.75) is 45.3 Å². The summed E-state index contributed by atoms with van der Waals surface area (Å²) in [6.45, 7) is 4.11. The van der Waals surface area contributed by atoms with Gasteiger partial charge < -0.3 is 19.7 Å². The van der Waals surface area contributed by atoms with Crippen LogP contribution in [-0.2, 0) is 22.6 Å². The third kappa shape index (κ3) is 7.88. The summed E-state index contributed by atoms with van der Waals surface area (Å²) in [6, 6.07) is 25.8. The molecule has 6 heteroatoms. The maximum absolute atomic E-state index is 13.5. The Balaban J connectivity index is 1.86. The molecule has 184 valence electrons. The smallest absolute Gasteiger partial charge is 0.261 e. The normalized spacial score (nSPS) is 12.3. The Hall–Kier alpha value is -3.80. The summed E-state index contributed by atoms with van der Waals surface area (Å²) >= 11 is 0. The number of hydrogen-bond acceptors (Lipinski definition) is 4. The van der Waals surface area contributed by atoms with Crippen molar-refractivity contribution >= 4 is 11.8 Å². The van der Waals surface area contributed by atoms with Crippen molar-refractivity contribution < 1.29 is 19.1 Å². The first-order chi connectivity index (χ1) is 17.0. The summed E-state index contributed by atoms with van der Waals surface area (Å²) in [7, 11) is 1.60. The molecule has 0 spiro atoms. The zero-order chi connectivity index (χ0) is 25.0. The largest absolute Gasteiger partial charge is 0.497 e. The second kappa shape index (κ2) is 13.2. The number of hydrogen-bond donors (Lipinski definition) is 1. The number of nitrogens with one attached hydrogen (secondary N) is 1. The Kier molecular flexibility index (Phi) is 9.72. The monoisotopic (exact) mass is 474 g/mol. The van der Waals surface area contributed by atoms with Gasteiger partial charge in [-0.15, -0.1) is 0 Å². The summed E-state index contributed by atoms with van der Waals surface area (Å²) in [5, 5.41) is 3.07. The summed E-state index contributed by atoms with van der Waals surface area (Å²) in [4.78, 5) is 28.6. The zero-order valence-corrected chi connectivity index (χ0v) is 20.6. The topological polar surface area (TPSA) is 67.9 Å². The minimum atomic E-state index is -0.682. The van der Waals surface area contributed by atoms with Gasteiger partial charge in [-0.25, -0.2) is 0 Å². The number of rotatable bonds is 12. The molecule has 0 aliphatic carbocycles. The summed E-state index contributed by atoms with van der Waals surface area (Å²) in [5.74, 6) is 0.836. The lowest BCUT2D eigenvalue weighted by Crippen LogP contribution is -2.53. The lowest BCUT2D eigenvalue weighted by molar-refractivity contribution is -0.143. The molecule has 0 aliphatic rings. The lowest BCUT2D eigenvalue weighted by atomic mass is 10.0. The second-order valence-corrected chi connectivity index (χ2v) is 8.49. The predicted octanol–water partition coefficient (Wildman–Crippen LogP) is 4.63. The van der Waals surface area contributed by atoms with Crippen molar-refractivity contribution in [1.82, 2.24) is 10.2 Å². The zero-order valence-electron chi connectivity index (χ0n) is 20.6. The van der Waals surface area contributed by atoms with E-state index in [1.54, 1.807) is 36.3 Å². The van der Waals surface area contributed by atoms with Gasteiger partial charge in [0.2, 0.25) is 5.91 Å². The molecule has 2 atom stereocenters. The van der Waals surface area contributed by atoms with Crippen molar-refractivity contribution in [2.24, 2.45) is 0 Å². The van der Waals surface area contributed by atoms with Gasteiger partial charge in [-0.05, 0) is 48.7 Å². The van der Waals surface area contributed by atoms with Gasteiger partial charge in [-0.1, -0.05) is 67.6 Å². The summed E-state index contributed by atoms with van der Waals surface area (Å²) in [5.41, 5.74) is 1.93. The average Bonchev–Trinajstić information content (AvgIpc) is 2.90. The molecule has 0 fully saturated rings. The molecule has 3 rings (SSSR count). The van der Waals surface area contributed by atoms with E-state index in [4.69, 9.17) is 9.47 Å². The number of carbonyl (C=O) groups is 2. The van der Waals surface area contributed by atoms with Gasteiger partial charge >= 0.3 is 0 Å². The first-order valence-corrected chi connectivity index (χ1v) is 11.9. The highest BCUT2D eigenvalue weighted by molar-refractivity contribution is 5.88. The van der Waals surface area contributed by atoms with E-state index in [-0.39, 0.29) is 24.5 Å². The third-order valence-electron chi connectivity index (χ3n) is 5.89. The molecule has 0 radical (unpaired) electrons. The number of nitrogens with zero attached hydrogens (tertiary/aromatic N) is 1. The van der Waals surface area contributed by atoms with Crippen LogP contribution in [0.5, 0.6) is 11.5 Å². The van der Waals surface area contributed by atoms with E-state index in [0.29, 0.717) is 24.5 Å². The molecule has 2 amide bonds. The minimum Gasteiger partial charge on any atom is -0.497 e. The van der Waals surface area contributed by atoms with Crippen LogP contribution >= 0.6 is 0 Å². The van der Waals surface area contributed by atoms with Crippen molar-refractivity contribution in [3.8, 4) is 11.5 Å². The molecule has 0 bridgehead atoms. The molecule has 1 N–H and O–H groups in total. The van der Waals surface area contributed by atoms with Crippen LogP contribution in [0.2, 0.25) is 0 Å². The number of methoxy groups -OCH3 is 1. The number of ether oxygens (including phenoxy) is 2.